The largest absolute Gasteiger partial charge is 0.324 e. The van der Waals surface area contributed by atoms with Crippen molar-refractivity contribution in [1.29, 1.82) is 0 Å². The molecule has 0 aliphatic rings. The minimum atomic E-state index is -0.497. The predicted molar refractivity (Wildman–Crippen MR) is 185 cm³/mol. The lowest BCUT2D eigenvalue weighted by Gasteiger charge is -2.12. The Balaban J connectivity index is 1.29. The van der Waals surface area contributed by atoms with Crippen molar-refractivity contribution in [3.63, 3.8) is 0 Å². The molecule has 0 heterocycles. The van der Waals surface area contributed by atoms with E-state index in [9.17, 15) is 14.4 Å². The average Bonchev–Trinajstić information content (AvgIpc) is 3.06. The lowest BCUT2D eigenvalue weighted by molar-refractivity contribution is -0.114. The quantitative estimate of drug-likeness (QED) is 0.104. The molecule has 0 saturated carbocycles. The van der Waals surface area contributed by atoms with Crippen LogP contribution < -0.4 is 16.0 Å². The van der Waals surface area contributed by atoms with E-state index < -0.39 is 11.8 Å². The highest BCUT2D eigenvalue weighted by Crippen LogP contribution is 2.27. The maximum Gasteiger partial charge on any atom is 0.272 e. The molecule has 6 nitrogen and oxygen atoms in total. The van der Waals surface area contributed by atoms with E-state index in [1.807, 2.05) is 66.7 Å². The Bertz CT molecular complexity index is 1850. The van der Waals surface area contributed by atoms with Gasteiger partial charge in [-0.2, -0.15) is 0 Å². The van der Waals surface area contributed by atoms with Gasteiger partial charge < -0.3 is 16.0 Å². The summed E-state index contributed by atoms with van der Waals surface area (Å²) in [5, 5.41) is 9.23. The molecule has 0 bridgehead atoms. The van der Waals surface area contributed by atoms with Crippen LogP contribution in [0.5, 0.6) is 0 Å². The zero-order valence-electron chi connectivity index (χ0n) is 23.8. The first-order chi connectivity index (χ1) is 21.8. The number of hydrogen-bond acceptors (Lipinski definition) is 4. The van der Waals surface area contributed by atoms with Crippen molar-refractivity contribution in [1.82, 2.24) is 5.32 Å². The number of hydrogen-bond donors (Lipinski definition) is 3. The summed E-state index contributed by atoms with van der Waals surface area (Å²) in [5.41, 5.74) is 4.33. The van der Waals surface area contributed by atoms with Crippen LogP contribution in [0.15, 0.2) is 138 Å². The van der Waals surface area contributed by atoms with Crippen LogP contribution in [0.25, 0.3) is 17.2 Å². The third kappa shape index (κ3) is 9.09. The van der Waals surface area contributed by atoms with Gasteiger partial charge in [-0.05, 0) is 71.3 Å². The van der Waals surface area contributed by atoms with Crippen LogP contribution in [0.1, 0.15) is 15.9 Å². The first-order valence-corrected chi connectivity index (χ1v) is 15.6. The third-order valence-corrected chi connectivity index (χ3v) is 8.07. The van der Waals surface area contributed by atoms with E-state index in [2.05, 4.69) is 16.0 Å². The molecule has 0 atom stereocenters. The SMILES string of the molecule is O=C(CSc1cccc(NC(=O)/C(=C\c2ccc(-c3ccccc3)cc2)NC(=O)c2ccccc2)c1)Nc1ccc(Cl)cc1Cl. The summed E-state index contributed by atoms with van der Waals surface area (Å²) in [7, 11) is 0. The molecule has 0 aliphatic heterocycles. The molecule has 5 aromatic carbocycles. The zero-order chi connectivity index (χ0) is 31.6. The fourth-order valence-corrected chi connectivity index (χ4v) is 5.51. The monoisotopic (exact) mass is 651 g/mol. The lowest BCUT2D eigenvalue weighted by Crippen LogP contribution is -2.30. The van der Waals surface area contributed by atoms with Crippen molar-refractivity contribution in [2.75, 3.05) is 16.4 Å². The summed E-state index contributed by atoms with van der Waals surface area (Å²) in [6.07, 6.45) is 1.63. The maximum atomic E-state index is 13.5. The molecule has 0 spiro atoms. The molecular weight excluding hydrogens is 625 g/mol. The van der Waals surface area contributed by atoms with Gasteiger partial charge in [0.05, 0.1) is 16.5 Å². The third-order valence-electron chi connectivity index (χ3n) is 6.52. The Hall–Kier alpha value is -4.82. The summed E-state index contributed by atoms with van der Waals surface area (Å²) in [4.78, 5) is 39.8. The molecule has 224 valence electrons. The Morgan fingerprint density at radius 3 is 2.09 bits per heavy atom. The predicted octanol–water partition coefficient (Wildman–Crippen LogP) is 8.80. The van der Waals surface area contributed by atoms with E-state index in [4.69, 9.17) is 23.2 Å². The van der Waals surface area contributed by atoms with Crippen molar-refractivity contribution in [2.24, 2.45) is 0 Å². The van der Waals surface area contributed by atoms with Crippen LogP contribution >= 0.6 is 35.0 Å². The normalized spacial score (nSPS) is 11.0. The Morgan fingerprint density at radius 1 is 0.689 bits per heavy atom. The standard InChI is InChI=1S/C36H27Cl2N3O3S/c37-28-18-19-32(31(38)21-28)40-34(42)23-45-30-13-7-12-29(22-30)39-36(44)33(41-35(43)27-10-5-2-6-11-27)20-24-14-16-26(17-15-24)25-8-3-1-4-9-25/h1-22H,23H2,(H,39,44)(H,40,42)(H,41,43)/b33-20+. The average molecular weight is 653 g/mol. The van der Waals surface area contributed by atoms with Gasteiger partial charge in [-0.1, -0.05) is 102 Å². The molecule has 9 heteroatoms. The van der Waals surface area contributed by atoms with E-state index >= 15 is 0 Å². The van der Waals surface area contributed by atoms with E-state index in [1.165, 1.54) is 11.8 Å². The van der Waals surface area contributed by atoms with Crippen LogP contribution in [0.4, 0.5) is 11.4 Å². The number of carbonyl (C=O) groups excluding carboxylic acids is 3. The smallest absolute Gasteiger partial charge is 0.272 e. The Kier molecular flexibility index (Phi) is 10.7. The summed E-state index contributed by atoms with van der Waals surface area (Å²) >= 11 is 13.4. The fraction of sp³-hybridized carbons (Fsp3) is 0.0278. The van der Waals surface area contributed by atoms with Gasteiger partial charge in [-0.3, -0.25) is 14.4 Å². The van der Waals surface area contributed by atoms with Gasteiger partial charge in [-0.25, -0.2) is 0 Å². The second-order valence-corrected chi connectivity index (χ2v) is 11.7. The number of benzene rings is 5. The highest BCUT2D eigenvalue weighted by molar-refractivity contribution is 8.00. The van der Waals surface area contributed by atoms with Crippen molar-refractivity contribution >= 4 is 70.1 Å². The van der Waals surface area contributed by atoms with Crippen molar-refractivity contribution < 1.29 is 14.4 Å². The molecule has 5 rings (SSSR count). The molecule has 0 fully saturated rings. The zero-order valence-corrected chi connectivity index (χ0v) is 26.1. The minimum Gasteiger partial charge on any atom is -0.324 e. The van der Waals surface area contributed by atoms with Gasteiger partial charge in [0.2, 0.25) is 5.91 Å². The van der Waals surface area contributed by atoms with Gasteiger partial charge in [0, 0.05) is 21.2 Å². The molecule has 5 aromatic rings. The first kappa shape index (κ1) is 31.6. The first-order valence-electron chi connectivity index (χ1n) is 13.9. The van der Waals surface area contributed by atoms with Crippen LogP contribution in [-0.2, 0) is 9.59 Å². The number of halogens is 2. The van der Waals surface area contributed by atoms with E-state index in [1.54, 1.807) is 66.7 Å². The Morgan fingerprint density at radius 2 is 1.38 bits per heavy atom. The maximum absolute atomic E-state index is 13.5. The van der Waals surface area contributed by atoms with Crippen molar-refractivity contribution in [3.8, 4) is 11.1 Å². The highest BCUT2D eigenvalue weighted by atomic mass is 35.5. The summed E-state index contributed by atoms with van der Waals surface area (Å²) in [6, 6.07) is 38.3. The molecule has 3 amide bonds. The van der Waals surface area contributed by atoms with Gasteiger partial charge in [-0.15, -0.1) is 11.8 Å². The summed E-state index contributed by atoms with van der Waals surface area (Å²) in [5.74, 6) is -1.03. The number of thioether (sulfide) groups is 1. The Labute approximate surface area is 275 Å². The van der Waals surface area contributed by atoms with Gasteiger partial charge >= 0.3 is 0 Å². The van der Waals surface area contributed by atoms with Crippen LogP contribution in [0.3, 0.4) is 0 Å². The van der Waals surface area contributed by atoms with Crippen molar-refractivity contribution in [2.45, 2.75) is 4.90 Å². The number of rotatable bonds is 10. The topological polar surface area (TPSA) is 87.3 Å². The van der Waals surface area contributed by atoms with Crippen molar-refractivity contribution in [3.05, 3.63) is 154 Å². The molecule has 0 radical (unpaired) electrons. The van der Waals surface area contributed by atoms with Gasteiger partial charge in [0.25, 0.3) is 11.8 Å². The summed E-state index contributed by atoms with van der Waals surface area (Å²) < 4.78 is 0. The molecular formula is C36H27Cl2N3O3S. The molecule has 0 aliphatic carbocycles. The van der Waals surface area contributed by atoms with Crippen LogP contribution in [-0.4, -0.2) is 23.5 Å². The molecule has 0 unspecified atom stereocenters. The minimum absolute atomic E-state index is 0.0774. The number of nitrogens with one attached hydrogen (secondary N) is 3. The van der Waals surface area contributed by atoms with Gasteiger partial charge in [0.15, 0.2) is 0 Å². The summed E-state index contributed by atoms with van der Waals surface area (Å²) in [6.45, 7) is 0. The lowest BCUT2D eigenvalue weighted by atomic mass is 10.0. The van der Waals surface area contributed by atoms with Crippen LogP contribution in [0.2, 0.25) is 10.0 Å². The second kappa shape index (κ2) is 15.3. The number of carbonyl (C=O) groups is 3. The molecule has 0 saturated heterocycles. The molecule has 45 heavy (non-hydrogen) atoms. The van der Waals surface area contributed by atoms with E-state index in [0.29, 0.717) is 27.0 Å². The van der Waals surface area contributed by atoms with Gasteiger partial charge in [0.1, 0.15) is 5.70 Å². The van der Waals surface area contributed by atoms with E-state index in [0.717, 1.165) is 21.6 Å². The second-order valence-electron chi connectivity index (χ2n) is 9.81. The molecule has 3 N–H and O–H groups in total. The molecule has 0 aromatic heterocycles. The number of amides is 3. The fourth-order valence-electron chi connectivity index (χ4n) is 4.30. The number of anilines is 2. The van der Waals surface area contributed by atoms with E-state index in [-0.39, 0.29) is 17.4 Å². The van der Waals surface area contributed by atoms with Crippen LogP contribution in [0, 0.1) is 0 Å². The highest BCUT2D eigenvalue weighted by Gasteiger charge is 2.16.